The molecule has 0 radical (unpaired) electrons. The predicted octanol–water partition coefficient (Wildman–Crippen LogP) is 3.34. The van der Waals surface area contributed by atoms with Crippen molar-refractivity contribution in [3.8, 4) is 11.1 Å². The second-order valence-corrected chi connectivity index (χ2v) is 9.19. The number of hydrogen-bond donors (Lipinski definition) is 0. The highest BCUT2D eigenvalue weighted by atomic mass is 16.1. The average Bonchev–Trinajstić information content (AvgIpc) is 2.70. The molecule has 2 fully saturated rings. The minimum Gasteiger partial charge on any atom is -0.311 e. The Morgan fingerprint density at radius 1 is 0.929 bits per heavy atom. The van der Waals surface area contributed by atoms with Crippen LogP contribution in [0.5, 0.6) is 0 Å². The summed E-state index contributed by atoms with van der Waals surface area (Å²) in [6.45, 7) is 7.68. The van der Waals surface area contributed by atoms with Gasteiger partial charge in [0.2, 0.25) is 0 Å². The van der Waals surface area contributed by atoms with E-state index in [0.717, 1.165) is 36.8 Å². The zero-order chi connectivity index (χ0) is 19.3. The first-order chi connectivity index (χ1) is 13.6. The molecule has 2 atom stereocenters. The van der Waals surface area contributed by atoms with Crippen LogP contribution in [0.15, 0.2) is 41.2 Å². The molecule has 2 saturated heterocycles. The lowest BCUT2D eigenvalue weighted by molar-refractivity contribution is 0.0517. The topological polar surface area (TPSA) is 28.5 Å². The van der Waals surface area contributed by atoms with E-state index in [4.69, 9.17) is 0 Å². The van der Waals surface area contributed by atoms with Crippen molar-refractivity contribution in [3.63, 3.8) is 0 Å². The fraction of sp³-hybridized carbons (Fsp3) is 0.542. The third-order valence-corrected chi connectivity index (χ3v) is 7.27. The molecule has 4 heteroatoms. The number of likely N-dealkylation sites (tertiary alicyclic amines) is 2. The van der Waals surface area contributed by atoms with Gasteiger partial charge in [0.1, 0.15) is 0 Å². The molecule has 4 nitrogen and oxygen atoms in total. The van der Waals surface area contributed by atoms with Crippen LogP contribution in [-0.2, 0) is 6.54 Å². The second-order valence-electron chi connectivity index (χ2n) is 9.19. The minimum atomic E-state index is 0.203. The van der Waals surface area contributed by atoms with Gasteiger partial charge in [-0.2, -0.15) is 0 Å². The molecule has 2 aromatic rings. The summed E-state index contributed by atoms with van der Waals surface area (Å²) in [5.41, 5.74) is 4.57. The van der Waals surface area contributed by atoms with Crippen molar-refractivity contribution in [2.45, 2.75) is 44.7 Å². The average molecular weight is 378 g/mol. The van der Waals surface area contributed by atoms with Crippen molar-refractivity contribution in [3.05, 3.63) is 58.0 Å². The fourth-order valence-corrected chi connectivity index (χ4v) is 5.72. The van der Waals surface area contributed by atoms with Crippen molar-refractivity contribution in [1.82, 2.24) is 14.4 Å². The maximum atomic E-state index is 13.4. The third-order valence-electron chi connectivity index (χ3n) is 7.27. The number of piperidine rings is 2. The molecule has 4 heterocycles. The second kappa shape index (κ2) is 7.16. The Kier molecular flexibility index (Phi) is 4.64. The Balaban J connectivity index is 1.44. The number of fused-ring (bicyclic) bond motifs is 4. The molecule has 28 heavy (non-hydrogen) atoms. The highest BCUT2D eigenvalue weighted by Gasteiger charge is 2.37. The van der Waals surface area contributed by atoms with E-state index < -0.39 is 0 Å². The lowest BCUT2D eigenvalue weighted by Crippen LogP contribution is -2.53. The van der Waals surface area contributed by atoms with Crippen molar-refractivity contribution < 1.29 is 0 Å². The van der Waals surface area contributed by atoms with E-state index in [1.54, 1.807) is 0 Å². The molecule has 1 aromatic heterocycles. The van der Waals surface area contributed by atoms with Crippen molar-refractivity contribution >= 4 is 0 Å². The van der Waals surface area contributed by atoms with Crippen molar-refractivity contribution in [2.75, 3.05) is 33.2 Å². The lowest BCUT2D eigenvalue weighted by Gasteiger charge is -2.47. The van der Waals surface area contributed by atoms with Crippen LogP contribution in [0.2, 0.25) is 0 Å². The van der Waals surface area contributed by atoms with Gasteiger partial charge in [-0.1, -0.05) is 24.3 Å². The molecule has 0 aliphatic carbocycles. The van der Waals surface area contributed by atoms with Crippen LogP contribution in [0, 0.1) is 12.8 Å². The predicted molar refractivity (Wildman–Crippen MR) is 114 cm³/mol. The number of nitrogens with zero attached hydrogens (tertiary/aromatic N) is 3. The van der Waals surface area contributed by atoms with E-state index in [1.807, 2.05) is 12.1 Å². The Morgan fingerprint density at radius 3 is 2.50 bits per heavy atom. The van der Waals surface area contributed by atoms with Gasteiger partial charge in [0.05, 0.1) is 0 Å². The highest BCUT2D eigenvalue weighted by Crippen LogP contribution is 2.37. The molecule has 0 unspecified atom stereocenters. The number of aryl methyl sites for hydroxylation is 1. The number of pyridine rings is 1. The van der Waals surface area contributed by atoms with E-state index in [2.05, 4.69) is 52.6 Å². The standard InChI is InChI=1S/C24H31N3O/c1-17-5-3-4-6-21(17)22-7-8-23-19-13-18(15-27(23)24(22)28)14-26(16-19)20-9-11-25(2)12-10-20/h3-8,18-20H,9-16H2,1-2H3/t18-,19-/m1/s1. The number of rotatable bonds is 2. The first-order valence-corrected chi connectivity index (χ1v) is 10.8. The molecule has 5 rings (SSSR count). The van der Waals surface area contributed by atoms with Crippen molar-refractivity contribution in [1.29, 1.82) is 0 Å². The van der Waals surface area contributed by atoms with Gasteiger partial charge in [0, 0.05) is 42.9 Å². The molecule has 148 valence electrons. The summed E-state index contributed by atoms with van der Waals surface area (Å²) in [6.07, 6.45) is 3.82. The number of aromatic nitrogens is 1. The molecular weight excluding hydrogens is 346 g/mol. The summed E-state index contributed by atoms with van der Waals surface area (Å²) in [7, 11) is 2.23. The van der Waals surface area contributed by atoms with E-state index in [1.165, 1.54) is 43.6 Å². The summed E-state index contributed by atoms with van der Waals surface area (Å²) in [4.78, 5) is 18.6. The van der Waals surface area contributed by atoms with Crippen LogP contribution in [0.4, 0.5) is 0 Å². The SMILES string of the molecule is Cc1ccccc1-c1ccc2n(c1=O)C[C@@H]1C[C@@H]2CN(C2CCN(C)CC2)C1. The lowest BCUT2D eigenvalue weighted by atomic mass is 9.81. The smallest absolute Gasteiger partial charge is 0.258 e. The van der Waals surface area contributed by atoms with E-state index in [-0.39, 0.29) is 5.56 Å². The van der Waals surface area contributed by atoms with Gasteiger partial charge >= 0.3 is 0 Å². The van der Waals surface area contributed by atoms with Crippen molar-refractivity contribution in [2.24, 2.45) is 5.92 Å². The minimum absolute atomic E-state index is 0.203. The summed E-state index contributed by atoms with van der Waals surface area (Å²) < 4.78 is 2.10. The maximum absolute atomic E-state index is 13.4. The van der Waals surface area contributed by atoms with Gasteiger partial charge in [0.25, 0.3) is 5.56 Å². The van der Waals surface area contributed by atoms with E-state index in [0.29, 0.717) is 11.8 Å². The fourth-order valence-electron chi connectivity index (χ4n) is 5.72. The largest absolute Gasteiger partial charge is 0.311 e. The molecule has 0 amide bonds. The third kappa shape index (κ3) is 3.13. The molecular formula is C24H31N3O. The van der Waals surface area contributed by atoms with Gasteiger partial charge < -0.3 is 9.47 Å². The normalized spacial score (nSPS) is 26.2. The van der Waals surface area contributed by atoms with E-state index >= 15 is 0 Å². The first-order valence-electron chi connectivity index (χ1n) is 10.8. The zero-order valence-corrected chi connectivity index (χ0v) is 17.1. The zero-order valence-electron chi connectivity index (χ0n) is 17.1. The maximum Gasteiger partial charge on any atom is 0.258 e. The Labute approximate surface area is 167 Å². The van der Waals surface area contributed by atoms with E-state index in [9.17, 15) is 4.79 Å². The van der Waals surface area contributed by atoms with Gasteiger partial charge in [-0.3, -0.25) is 9.69 Å². The van der Waals surface area contributed by atoms with Gasteiger partial charge in [-0.05, 0) is 75.5 Å². The Hall–Kier alpha value is -1.91. The number of hydrogen-bond acceptors (Lipinski definition) is 3. The first kappa shape index (κ1) is 18.1. The number of benzene rings is 1. The molecule has 0 saturated carbocycles. The van der Waals surface area contributed by atoms with Crippen LogP contribution in [0.1, 0.15) is 36.4 Å². The summed E-state index contributed by atoms with van der Waals surface area (Å²) in [6, 6.07) is 13.3. The Morgan fingerprint density at radius 2 is 1.71 bits per heavy atom. The summed E-state index contributed by atoms with van der Waals surface area (Å²) in [5.74, 6) is 1.11. The molecule has 3 aliphatic heterocycles. The summed E-state index contributed by atoms with van der Waals surface area (Å²) in [5, 5.41) is 0. The molecule has 0 N–H and O–H groups in total. The van der Waals surface area contributed by atoms with Crippen LogP contribution in [0.25, 0.3) is 11.1 Å². The molecule has 3 aliphatic rings. The highest BCUT2D eigenvalue weighted by molar-refractivity contribution is 5.66. The monoisotopic (exact) mass is 377 g/mol. The van der Waals surface area contributed by atoms with Crippen LogP contribution >= 0.6 is 0 Å². The van der Waals surface area contributed by atoms with Crippen LogP contribution in [-0.4, -0.2) is 53.6 Å². The summed E-state index contributed by atoms with van der Waals surface area (Å²) >= 11 is 0. The molecule has 0 spiro atoms. The molecule has 1 aromatic carbocycles. The van der Waals surface area contributed by atoms with Crippen LogP contribution in [0.3, 0.4) is 0 Å². The molecule has 2 bridgehead atoms. The van der Waals surface area contributed by atoms with Crippen LogP contribution < -0.4 is 5.56 Å². The van der Waals surface area contributed by atoms with Gasteiger partial charge in [-0.15, -0.1) is 0 Å². The van der Waals surface area contributed by atoms with Gasteiger partial charge in [-0.25, -0.2) is 0 Å². The quantitative estimate of drug-likeness (QED) is 0.804. The Bertz CT molecular complexity index is 926. The van der Waals surface area contributed by atoms with Gasteiger partial charge in [0.15, 0.2) is 0 Å².